The van der Waals surface area contributed by atoms with Crippen LogP contribution in [0.4, 0.5) is 17.6 Å². The smallest absolute Gasteiger partial charge is 0.303 e. The first kappa shape index (κ1) is 104. The number of hydrogen-bond acceptors (Lipinski definition) is 19. The van der Waals surface area contributed by atoms with E-state index in [1.807, 2.05) is 0 Å². The summed E-state index contributed by atoms with van der Waals surface area (Å²) in [6.45, 7) is 6.20. The number of phenols is 1. The van der Waals surface area contributed by atoms with Crippen LogP contribution < -0.4 is 53.6 Å². The van der Waals surface area contributed by atoms with E-state index in [0.29, 0.717) is 70.8 Å². The molecule has 0 bridgehead atoms. The highest BCUT2D eigenvalue weighted by Crippen LogP contribution is 2.29. The number of unbranched alkanes of at least 4 members (excludes halogenated alkanes) is 1. The molecule has 3 aliphatic heterocycles. The van der Waals surface area contributed by atoms with Gasteiger partial charge in [-0.1, -0.05) is 120 Å². The van der Waals surface area contributed by atoms with E-state index in [0.717, 1.165) is 38.8 Å². The van der Waals surface area contributed by atoms with E-state index in [-0.39, 0.29) is 82.2 Å². The van der Waals surface area contributed by atoms with Gasteiger partial charge in [-0.05, 0) is 133 Å². The van der Waals surface area contributed by atoms with Crippen molar-refractivity contribution >= 4 is 117 Å². The number of aromatic nitrogens is 1. The highest BCUT2D eigenvalue weighted by Gasteiger charge is 2.46. The minimum Gasteiger partial charge on any atom is -0.508 e. The fourth-order valence-electron chi connectivity index (χ4n) is 16.4. The molecule has 3 aliphatic rings. The van der Waals surface area contributed by atoms with Crippen molar-refractivity contribution in [2.45, 2.75) is 216 Å². The average molecular weight is 1870 g/mol. The minimum atomic E-state index is -1.92. The Balaban J connectivity index is 1.13. The number of carbonyl (C=O) groups excluding carboxylic acids is 15. The van der Waals surface area contributed by atoms with Gasteiger partial charge in [-0.25, -0.2) is 17.6 Å². The molecular formula is C93H118F4N16O19S. The Labute approximate surface area is 771 Å². The van der Waals surface area contributed by atoms with Crippen LogP contribution in [0.25, 0.3) is 10.9 Å². The number of aromatic hydroxyl groups is 1. The van der Waals surface area contributed by atoms with E-state index in [2.05, 4.69) is 52.8 Å². The molecule has 13 atom stereocenters. The van der Waals surface area contributed by atoms with E-state index in [9.17, 15) is 52.9 Å². The number of nitrogens with zero attached hydrogens (tertiary/aromatic N) is 5. The summed E-state index contributed by atoms with van der Waals surface area (Å²) in [6, 6.07) is 5.56. The monoisotopic (exact) mass is 1870 g/mol. The number of carbonyl (C=O) groups is 16. The summed E-state index contributed by atoms with van der Waals surface area (Å²) in [4.78, 5) is 245. The van der Waals surface area contributed by atoms with Gasteiger partial charge in [-0.15, -0.1) is 11.8 Å². The third kappa shape index (κ3) is 28.8. The van der Waals surface area contributed by atoms with E-state index >= 15 is 56.7 Å². The molecule has 40 heteroatoms. The molecule has 3 saturated heterocycles. The highest BCUT2D eigenvalue weighted by molar-refractivity contribution is 8.00. The number of carboxylic acid groups (broad SMARTS) is 1. The van der Waals surface area contributed by atoms with E-state index in [1.54, 1.807) is 95.4 Å². The minimum absolute atomic E-state index is 0.0186. The third-order valence-electron chi connectivity index (χ3n) is 23.8. The molecule has 15 amide bonds. The lowest BCUT2D eigenvalue weighted by molar-refractivity contribution is -0.152. The maximum Gasteiger partial charge on any atom is 0.303 e. The number of hydrogen-bond donors (Lipinski definition) is 14. The number of carboxylic acids is 1. The number of aliphatic hydroxyl groups excluding tert-OH is 1. The lowest BCUT2D eigenvalue weighted by atomic mass is 9.97. The predicted octanol–water partition coefficient (Wildman–Crippen LogP) is 2.77. The topological polar surface area (TPSA) is 500 Å². The molecule has 1 aromatic heterocycles. The maximum atomic E-state index is 15.6. The molecule has 0 spiro atoms. The number of amides is 15. The molecular weight excluding hydrogens is 1750 g/mol. The number of para-hydroxylation sites is 1. The Morgan fingerprint density at radius 2 is 1.06 bits per heavy atom. The average Bonchev–Trinajstić information content (AvgIpc) is 1.74. The van der Waals surface area contributed by atoms with Crippen molar-refractivity contribution in [2.75, 3.05) is 58.9 Å². The molecule has 3 fully saturated rings. The Kier molecular flexibility index (Phi) is 38.2. The zero-order valence-electron chi connectivity index (χ0n) is 75.4. The van der Waals surface area contributed by atoms with E-state index in [1.165, 1.54) is 55.4 Å². The number of aromatic amines is 1. The molecule has 0 aliphatic carbocycles. The van der Waals surface area contributed by atoms with Gasteiger partial charge in [0.25, 0.3) is 0 Å². The SMILES string of the molecule is CCCC[C@H]1C(=O)N2CCC[C@@H]2C(=O)N[C@@H](CO)C(=O)N[C@@H](C(C)C)C(=O)N(C)[C@@H](Cc2ccccc2)C(=O)N[C@@H](CCC(=O)O)C(=O)N2CCCC[C@@H]2C(=O)N[C@@H](Cc2c[nH]c3ccccc23)C(=O)N[C@@H](Cc2ccc(O)cc2)C(=O)N[C@@H](CC(C)C)C(=O)N[C@H](C(=O)NCC(N)=O)CSCC(=O)N[C@@H](Cc2cc(F)c(F)c(F)c2)C(=O)N(C)[C@@H](Cc2ccc(F)cc2)C(=O)N1C. The largest absolute Gasteiger partial charge is 0.508 e. The number of aliphatic hydroxyl groups is 1. The van der Waals surface area contributed by atoms with Crippen molar-refractivity contribution in [2.24, 2.45) is 17.6 Å². The number of halogens is 4. The first-order valence-electron chi connectivity index (χ1n) is 44.3. The lowest BCUT2D eigenvalue weighted by Gasteiger charge is -2.38. The van der Waals surface area contributed by atoms with Crippen LogP contribution in [0.1, 0.15) is 133 Å². The zero-order valence-corrected chi connectivity index (χ0v) is 76.2. The second-order valence-corrected chi connectivity index (χ2v) is 35.5. The van der Waals surface area contributed by atoms with Gasteiger partial charge in [-0.2, -0.15) is 0 Å². The van der Waals surface area contributed by atoms with Crippen LogP contribution in [0, 0.1) is 35.1 Å². The number of piperidine rings is 1. The molecule has 4 heterocycles. The van der Waals surface area contributed by atoms with Gasteiger partial charge >= 0.3 is 5.97 Å². The first-order valence-corrected chi connectivity index (χ1v) is 45.5. The number of rotatable bonds is 23. The molecule has 5 aromatic carbocycles. The Morgan fingerprint density at radius 3 is 1.69 bits per heavy atom. The van der Waals surface area contributed by atoms with Crippen LogP contribution in [0.15, 0.2) is 121 Å². The number of thioether (sulfide) groups is 1. The second kappa shape index (κ2) is 48.9. The third-order valence-corrected chi connectivity index (χ3v) is 24.8. The molecule has 0 unspecified atom stereocenters. The van der Waals surface area contributed by atoms with Gasteiger partial charge in [-0.3, -0.25) is 76.7 Å². The van der Waals surface area contributed by atoms with Crippen LogP contribution in [0.3, 0.4) is 0 Å². The van der Waals surface area contributed by atoms with Crippen LogP contribution in [-0.4, -0.2) is 277 Å². The van der Waals surface area contributed by atoms with Crippen molar-refractivity contribution in [3.8, 4) is 5.75 Å². The van der Waals surface area contributed by atoms with Crippen molar-refractivity contribution in [3.63, 3.8) is 0 Å². The van der Waals surface area contributed by atoms with Crippen molar-refractivity contribution in [3.05, 3.63) is 173 Å². The van der Waals surface area contributed by atoms with Gasteiger partial charge in [0.05, 0.1) is 18.9 Å². The summed E-state index contributed by atoms with van der Waals surface area (Å²) in [5.41, 5.74) is 7.21. The van der Waals surface area contributed by atoms with Crippen LogP contribution in [-0.2, 0) is 109 Å². The number of phenolic OH excluding ortho intramolecular Hbond substituents is 1. The van der Waals surface area contributed by atoms with Gasteiger partial charge in [0.15, 0.2) is 17.5 Å². The summed E-state index contributed by atoms with van der Waals surface area (Å²) in [5, 5.41) is 55.7. The Hall–Kier alpha value is -13.0. The molecule has 718 valence electrons. The van der Waals surface area contributed by atoms with Gasteiger partial charge in [0, 0.05) is 95.6 Å². The maximum absolute atomic E-state index is 15.6. The number of benzene rings is 5. The van der Waals surface area contributed by atoms with Crippen molar-refractivity contribution in [1.29, 1.82) is 0 Å². The Morgan fingerprint density at radius 1 is 0.526 bits per heavy atom. The summed E-state index contributed by atoms with van der Waals surface area (Å²) >= 11 is 0.650. The molecule has 15 N–H and O–H groups in total. The van der Waals surface area contributed by atoms with Gasteiger partial charge in [0.2, 0.25) is 88.6 Å². The second-order valence-electron chi connectivity index (χ2n) is 34.5. The number of fused-ring (bicyclic) bond motifs is 3. The predicted molar refractivity (Wildman–Crippen MR) is 481 cm³/mol. The van der Waals surface area contributed by atoms with E-state index < -0.39 is 264 Å². The number of nitrogens with two attached hydrogens (primary N) is 1. The molecule has 0 radical (unpaired) electrons. The molecule has 6 aromatic rings. The summed E-state index contributed by atoms with van der Waals surface area (Å²) in [7, 11) is 3.65. The molecule has 0 saturated carbocycles. The summed E-state index contributed by atoms with van der Waals surface area (Å²) in [5.74, 6) is -24.9. The van der Waals surface area contributed by atoms with E-state index in [4.69, 9.17) is 5.73 Å². The van der Waals surface area contributed by atoms with Crippen molar-refractivity contribution < 1.29 is 110 Å². The quantitative estimate of drug-likeness (QED) is 0.0324. The normalized spacial score (nSPS) is 23.7. The summed E-state index contributed by atoms with van der Waals surface area (Å²) < 4.78 is 59.7. The van der Waals surface area contributed by atoms with Crippen LogP contribution in [0.2, 0.25) is 0 Å². The molecule has 9 rings (SSSR count). The number of aliphatic carboxylic acids is 1. The number of H-pyrrole nitrogens is 1. The van der Waals surface area contributed by atoms with Crippen LogP contribution >= 0.6 is 11.8 Å². The van der Waals surface area contributed by atoms with Gasteiger partial charge < -0.3 is 98.4 Å². The number of primary amides is 1. The summed E-state index contributed by atoms with van der Waals surface area (Å²) in [6.07, 6.45) is -0.600. The Bertz CT molecular complexity index is 5150. The van der Waals surface area contributed by atoms with Crippen LogP contribution in [0.5, 0.6) is 5.75 Å². The fourth-order valence-corrected chi connectivity index (χ4v) is 17.3. The van der Waals surface area contributed by atoms with Gasteiger partial charge in [0.1, 0.15) is 90.1 Å². The number of likely N-dealkylation sites (N-methyl/N-ethyl adjacent to an activating group) is 3. The molecule has 35 nitrogen and oxygen atoms in total. The van der Waals surface area contributed by atoms with Crippen molar-refractivity contribution in [1.82, 2.24) is 77.3 Å². The fraction of sp³-hybridized carbons (Fsp3) is 0.484. The molecule has 133 heavy (non-hydrogen) atoms. The standard InChI is InChI=1S/C93H118F4N16O19S/c1-9-10-23-73-92(131)113-37-18-25-72(113)87(126)106-69(48-114)85(124)108-80(52(4)5)93(132)110(7)74(43-53-19-12-11-13-20-53)88(127)102-64(34-35-78(118)119)90(129)112-36-17-16-24-71(112)86(125)105-67(45-57-46-99-63-22-15-14-21-60(57)63)84(123)104-66(41-54-28-32-59(115)33-29-54)83(122)103-65(38-51(2)3)82(121)107-70(81(120)100-47-76(98)116)49-133-50-77(117)101-68(42-56-39-61(95)79(97)62(96)40-56)89(128)111(8)75(91(130)109(73)6)44-55-26-30-58(94)31-27-55/h11-15,19-22,26-33,39-40,46,51-52,64-75,80,99,114-115H,9-10,16-18,23-25,34-38,41-45,47-50H2,1-8H3,(H2,98,116)(H,100,120)(H,101,117)(H,102,127)(H,103,122)(H,104,123)(H,105,125)(H,106,126)(H,107,121)(H,108,124)(H,118,119)/t64-,65-,66-,67-,68-,69-,70-,71+,72+,73-,74-,75-,80-/m0/s1. The highest BCUT2D eigenvalue weighted by atomic mass is 32.2. The number of nitrogens with one attached hydrogen (secondary N) is 10. The first-order chi connectivity index (χ1) is 63.2. The zero-order chi connectivity index (χ0) is 97.2. The lowest BCUT2D eigenvalue weighted by Crippen LogP contribution is -2.63.